The molecule has 0 aliphatic carbocycles. The molecule has 0 aliphatic heterocycles. The number of hydrogen-bond donors (Lipinski definition) is 1. The maximum absolute atomic E-state index is 13.4. The SMILES string of the molecule is Cc1ccc2cc(-c3c(-c4ccc(F)cc4)nc(N)c4nccn34)ccc2n1. The Labute approximate surface area is 160 Å². The fraction of sp³-hybridized carbons (Fsp3) is 0.0455. The highest BCUT2D eigenvalue weighted by molar-refractivity contribution is 5.89. The molecule has 2 aromatic carbocycles. The zero-order valence-corrected chi connectivity index (χ0v) is 15.1. The first-order valence-electron chi connectivity index (χ1n) is 8.86. The highest BCUT2D eigenvalue weighted by Crippen LogP contribution is 2.34. The molecule has 0 radical (unpaired) electrons. The minimum Gasteiger partial charge on any atom is -0.381 e. The van der Waals surface area contributed by atoms with E-state index in [9.17, 15) is 4.39 Å². The summed E-state index contributed by atoms with van der Waals surface area (Å²) in [6.07, 6.45) is 3.55. The molecule has 0 aliphatic rings. The fourth-order valence-corrected chi connectivity index (χ4v) is 3.47. The van der Waals surface area contributed by atoms with Gasteiger partial charge in [0.15, 0.2) is 11.5 Å². The number of anilines is 1. The first-order chi connectivity index (χ1) is 13.6. The first kappa shape index (κ1) is 16.4. The highest BCUT2D eigenvalue weighted by Gasteiger charge is 2.17. The summed E-state index contributed by atoms with van der Waals surface area (Å²) < 4.78 is 15.4. The van der Waals surface area contributed by atoms with Gasteiger partial charge in [0, 0.05) is 34.6 Å². The number of benzene rings is 2. The lowest BCUT2D eigenvalue weighted by molar-refractivity contribution is 0.628. The second-order valence-electron chi connectivity index (χ2n) is 6.68. The molecular weight excluding hydrogens is 353 g/mol. The molecule has 3 aromatic heterocycles. The zero-order chi connectivity index (χ0) is 19.3. The van der Waals surface area contributed by atoms with Crippen molar-refractivity contribution in [2.24, 2.45) is 0 Å². The van der Waals surface area contributed by atoms with Gasteiger partial charge in [-0.3, -0.25) is 9.38 Å². The molecule has 0 unspecified atom stereocenters. The van der Waals surface area contributed by atoms with E-state index in [2.05, 4.69) is 27.1 Å². The average Bonchev–Trinajstić information content (AvgIpc) is 3.18. The van der Waals surface area contributed by atoms with Gasteiger partial charge in [0.05, 0.1) is 16.9 Å². The third-order valence-electron chi connectivity index (χ3n) is 4.79. The van der Waals surface area contributed by atoms with Gasteiger partial charge >= 0.3 is 0 Å². The van der Waals surface area contributed by atoms with E-state index in [1.165, 1.54) is 12.1 Å². The van der Waals surface area contributed by atoms with E-state index in [-0.39, 0.29) is 5.82 Å². The summed E-state index contributed by atoms with van der Waals surface area (Å²) in [4.78, 5) is 13.5. The van der Waals surface area contributed by atoms with E-state index in [1.807, 2.05) is 35.7 Å². The molecule has 0 amide bonds. The molecule has 3 heterocycles. The van der Waals surface area contributed by atoms with Gasteiger partial charge in [-0.05, 0) is 49.4 Å². The number of aryl methyl sites for hydroxylation is 1. The van der Waals surface area contributed by atoms with Crippen LogP contribution in [-0.4, -0.2) is 19.4 Å². The van der Waals surface area contributed by atoms with Gasteiger partial charge in [0.1, 0.15) is 5.82 Å². The second-order valence-corrected chi connectivity index (χ2v) is 6.68. The minimum absolute atomic E-state index is 0.297. The number of fused-ring (bicyclic) bond motifs is 2. The monoisotopic (exact) mass is 369 g/mol. The number of imidazole rings is 1. The van der Waals surface area contributed by atoms with E-state index in [4.69, 9.17) is 5.73 Å². The fourth-order valence-electron chi connectivity index (χ4n) is 3.47. The lowest BCUT2D eigenvalue weighted by Gasteiger charge is -2.14. The highest BCUT2D eigenvalue weighted by atomic mass is 19.1. The maximum atomic E-state index is 13.4. The van der Waals surface area contributed by atoms with E-state index in [1.54, 1.807) is 18.3 Å². The summed E-state index contributed by atoms with van der Waals surface area (Å²) in [5.74, 6) is 0.0280. The van der Waals surface area contributed by atoms with Crippen LogP contribution < -0.4 is 5.73 Å². The van der Waals surface area contributed by atoms with Crippen molar-refractivity contribution in [3.05, 3.63) is 78.5 Å². The van der Waals surface area contributed by atoms with Gasteiger partial charge in [0.25, 0.3) is 0 Å². The number of aromatic nitrogens is 4. The summed E-state index contributed by atoms with van der Waals surface area (Å²) in [6, 6.07) is 16.4. The molecule has 2 N–H and O–H groups in total. The van der Waals surface area contributed by atoms with Crippen molar-refractivity contribution in [1.29, 1.82) is 0 Å². The summed E-state index contributed by atoms with van der Waals surface area (Å²) in [5, 5.41) is 1.03. The van der Waals surface area contributed by atoms with E-state index < -0.39 is 0 Å². The minimum atomic E-state index is -0.297. The Bertz CT molecular complexity index is 1340. The van der Waals surface area contributed by atoms with Crippen molar-refractivity contribution in [1.82, 2.24) is 19.4 Å². The van der Waals surface area contributed by atoms with Gasteiger partial charge in [-0.2, -0.15) is 0 Å². The van der Waals surface area contributed by atoms with E-state index >= 15 is 0 Å². The van der Waals surface area contributed by atoms with E-state index in [0.29, 0.717) is 17.2 Å². The van der Waals surface area contributed by atoms with Crippen LogP contribution in [0.5, 0.6) is 0 Å². The summed E-state index contributed by atoms with van der Waals surface area (Å²) in [5.41, 5.74) is 11.9. The predicted molar refractivity (Wildman–Crippen MR) is 108 cm³/mol. The van der Waals surface area contributed by atoms with Gasteiger partial charge in [-0.25, -0.2) is 14.4 Å². The van der Waals surface area contributed by atoms with Crippen LogP contribution in [0.4, 0.5) is 10.2 Å². The largest absolute Gasteiger partial charge is 0.381 e. The van der Waals surface area contributed by atoms with Crippen LogP contribution in [-0.2, 0) is 0 Å². The molecule has 0 bridgehead atoms. The van der Waals surface area contributed by atoms with Crippen LogP contribution in [0.1, 0.15) is 5.69 Å². The number of rotatable bonds is 2. The molecule has 0 saturated heterocycles. The molecule has 5 nitrogen and oxygen atoms in total. The first-order valence-corrected chi connectivity index (χ1v) is 8.86. The van der Waals surface area contributed by atoms with Crippen LogP contribution >= 0.6 is 0 Å². The molecule has 136 valence electrons. The Morgan fingerprint density at radius 2 is 1.71 bits per heavy atom. The molecule has 5 rings (SSSR count). The molecule has 0 saturated carbocycles. The number of nitrogens with zero attached hydrogens (tertiary/aromatic N) is 4. The Kier molecular flexibility index (Phi) is 3.58. The molecule has 5 aromatic rings. The predicted octanol–water partition coefficient (Wildman–Crippen LogP) is 4.64. The third kappa shape index (κ3) is 2.58. The van der Waals surface area contributed by atoms with Crippen molar-refractivity contribution >= 4 is 22.4 Å². The Morgan fingerprint density at radius 3 is 2.54 bits per heavy atom. The van der Waals surface area contributed by atoms with Crippen molar-refractivity contribution in [3.63, 3.8) is 0 Å². The number of nitrogens with two attached hydrogens (primary N) is 1. The van der Waals surface area contributed by atoms with Crippen LogP contribution in [0.3, 0.4) is 0 Å². The molecule has 0 atom stereocenters. The maximum Gasteiger partial charge on any atom is 0.180 e. The normalized spacial score (nSPS) is 11.4. The molecule has 28 heavy (non-hydrogen) atoms. The summed E-state index contributed by atoms with van der Waals surface area (Å²) in [7, 11) is 0. The quantitative estimate of drug-likeness (QED) is 0.492. The summed E-state index contributed by atoms with van der Waals surface area (Å²) in [6.45, 7) is 1.97. The Morgan fingerprint density at radius 1 is 0.929 bits per heavy atom. The van der Waals surface area contributed by atoms with Crippen LogP contribution in [0.2, 0.25) is 0 Å². The average molecular weight is 369 g/mol. The number of nitrogen functional groups attached to an aromatic ring is 1. The van der Waals surface area contributed by atoms with Gasteiger partial charge < -0.3 is 5.73 Å². The molecular formula is C22H16FN5. The van der Waals surface area contributed by atoms with Crippen molar-refractivity contribution < 1.29 is 4.39 Å². The van der Waals surface area contributed by atoms with Crippen molar-refractivity contribution in [2.75, 3.05) is 5.73 Å². The standard InChI is InChI=1S/C22H16FN5/c1-13-2-3-15-12-16(6-9-18(15)26-13)20-19(14-4-7-17(23)8-5-14)27-21(24)22-25-10-11-28(20)22/h2-12H,1H3,(H2,24,27). The number of halogens is 1. The number of hydrogen-bond acceptors (Lipinski definition) is 4. The Hall–Kier alpha value is -3.80. The van der Waals surface area contributed by atoms with Crippen LogP contribution in [0, 0.1) is 12.7 Å². The lowest BCUT2D eigenvalue weighted by atomic mass is 10.0. The zero-order valence-electron chi connectivity index (χ0n) is 15.1. The third-order valence-corrected chi connectivity index (χ3v) is 4.79. The van der Waals surface area contributed by atoms with E-state index in [0.717, 1.165) is 33.4 Å². The summed E-state index contributed by atoms with van der Waals surface area (Å²) >= 11 is 0. The van der Waals surface area contributed by atoms with Crippen molar-refractivity contribution in [3.8, 4) is 22.5 Å². The molecule has 6 heteroatoms. The second kappa shape index (κ2) is 6.13. The van der Waals surface area contributed by atoms with Crippen molar-refractivity contribution in [2.45, 2.75) is 6.92 Å². The molecule has 0 fully saturated rings. The van der Waals surface area contributed by atoms with Gasteiger partial charge in [-0.1, -0.05) is 12.1 Å². The topological polar surface area (TPSA) is 69.1 Å². The van der Waals surface area contributed by atoms with Crippen LogP contribution in [0.25, 0.3) is 39.1 Å². The Balaban J connectivity index is 1.83. The van der Waals surface area contributed by atoms with Gasteiger partial charge in [-0.15, -0.1) is 0 Å². The number of pyridine rings is 1. The smallest absolute Gasteiger partial charge is 0.180 e. The van der Waals surface area contributed by atoms with Gasteiger partial charge in [0.2, 0.25) is 0 Å². The van der Waals surface area contributed by atoms with Crippen LogP contribution in [0.15, 0.2) is 67.0 Å². The molecule has 0 spiro atoms. The lowest BCUT2D eigenvalue weighted by Crippen LogP contribution is -2.03.